The lowest BCUT2D eigenvalue weighted by Gasteiger charge is -2.30. The zero-order valence-corrected chi connectivity index (χ0v) is 14.3. The van der Waals surface area contributed by atoms with E-state index in [1.54, 1.807) is 0 Å². The molecule has 1 aromatic heterocycles. The van der Waals surface area contributed by atoms with Crippen LogP contribution in [0.15, 0.2) is 48.8 Å². The minimum atomic E-state index is 0.235. The Kier molecular flexibility index (Phi) is 5.78. The maximum absolute atomic E-state index is 4.33. The van der Waals surface area contributed by atoms with Gasteiger partial charge >= 0.3 is 0 Å². The van der Waals surface area contributed by atoms with Gasteiger partial charge in [0.2, 0.25) is 0 Å². The van der Waals surface area contributed by atoms with Gasteiger partial charge in [-0.3, -0.25) is 4.68 Å². The summed E-state index contributed by atoms with van der Waals surface area (Å²) in [6.07, 6.45) is 4.97. The lowest BCUT2D eigenvalue weighted by atomic mass is 9.85. The van der Waals surface area contributed by atoms with Crippen molar-refractivity contribution in [3.8, 4) is 0 Å². The Morgan fingerprint density at radius 1 is 1.14 bits per heavy atom. The Labute approximate surface area is 134 Å². The van der Waals surface area contributed by atoms with Gasteiger partial charge in [-0.15, -0.1) is 0 Å². The van der Waals surface area contributed by atoms with Gasteiger partial charge in [-0.2, -0.15) is 5.10 Å². The number of aromatic nitrogens is 2. The van der Waals surface area contributed by atoms with Crippen molar-refractivity contribution in [3.63, 3.8) is 0 Å². The summed E-state index contributed by atoms with van der Waals surface area (Å²) < 4.78 is 2.02. The molecule has 0 aliphatic carbocycles. The number of nitrogens with one attached hydrogen (secondary N) is 1. The molecule has 0 bridgehead atoms. The first-order valence-electron chi connectivity index (χ1n) is 8.21. The van der Waals surface area contributed by atoms with Crippen LogP contribution >= 0.6 is 0 Å². The van der Waals surface area contributed by atoms with Gasteiger partial charge in [-0.1, -0.05) is 58.0 Å². The van der Waals surface area contributed by atoms with Crippen molar-refractivity contribution in [3.05, 3.63) is 54.4 Å². The molecule has 1 atom stereocenters. The van der Waals surface area contributed by atoms with Crippen LogP contribution in [0.25, 0.3) is 0 Å². The quantitative estimate of drug-likeness (QED) is 0.804. The predicted octanol–water partition coefficient (Wildman–Crippen LogP) is 3.77. The first-order valence-corrected chi connectivity index (χ1v) is 8.21. The smallest absolute Gasteiger partial charge is 0.0565 e. The molecule has 0 aliphatic rings. The molecule has 120 valence electrons. The zero-order chi connectivity index (χ0) is 16.0. The summed E-state index contributed by atoms with van der Waals surface area (Å²) in [5.74, 6) is 0.580. The molecule has 1 aromatic carbocycles. The van der Waals surface area contributed by atoms with Crippen LogP contribution in [0, 0.1) is 11.3 Å². The molecule has 0 amide bonds. The molecule has 1 N–H and O–H groups in total. The maximum atomic E-state index is 4.33. The van der Waals surface area contributed by atoms with E-state index in [-0.39, 0.29) is 5.41 Å². The van der Waals surface area contributed by atoms with Crippen molar-refractivity contribution >= 4 is 0 Å². The second kappa shape index (κ2) is 7.59. The van der Waals surface area contributed by atoms with Gasteiger partial charge in [0.15, 0.2) is 0 Å². The molecule has 3 heteroatoms. The SMILES string of the molecule is CC(C)[C@H](Cn1cccn1)NCC(C)(C)Cc1ccccc1. The summed E-state index contributed by atoms with van der Waals surface area (Å²) in [5, 5.41) is 8.08. The van der Waals surface area contributed by atoms with Gasteiger partial charge in [0, 0.05) is 25.0 Å². The van der Waals surface area contributed by atoms with E-state index in [0.29, 0.717) is 12.0 Å². The van der Waals surface area contributed by atoms with Gasteiger partial charge in [-0.05, 0) is 29.4 Å². The van der Waals surface area contributed by atoms with Crippen molar-refractivity contribution in [1.82, 2.24) is 15.1 Å². The summed E-state index contributed by atoms with van der Waals surface area (Å²) in [5.41, 5.74) is 1.64. The van der Waals surface area contributed by atoms with Gasteiger partial charge < -0.3 is 5.32 Å². The van der Waals surface area contributed by atoms with Crippen molar-refractivity contribution in [2.24, 2.45) is 11.3 Å². The van der Waals surface area contributed by atoms with Crippen LogP contribution in [0.5, 0.6) is 0 Å². The van der Waals surface area contributed by atoms with Crippen LogP contribution in [0.3, 0.4) is 0 Å². The second-order valence-corrected chi connectivity index (χ2v) is 7.29. The number of nitrogens with zero attached hydrogens (tertiary/aromatic N) is 2. The highest BCUT2D eigenvalue weighted by Crippen LogP contribution is 2.21. The molecular weight excluding hydrogens is 270 g/mol. The molecule has 0 saturated heterocycles. The van der Waals surface area contributed by atoms with E-state index < -0.39 is 0 Å². The highest BCUT2D eigenvalue weighted by Gasteiger charge is 2.22. The van der Waals surface area contributed by atoms with Crippen LogP contribution in [-0.2, 0) is 13.0 Å². The molecule has 0 radical (unpaired) electrons. The molecular formula is C19H29N3. The Hall–Kier alpha value is -1.61. The summed E-state index contributed by atoms with van der Waals surface area (Å²) in [6, 6.07) is 13.2. The highest BCUT2D eigenvalue weighted by atomic mass is 15.3. The van der Waals surface area contributed by atoms with Crippen molar-refractivity contribution in [2.75, 3.05) is 6.54 Å². The molecule has 2 rings (SSSR count). The number of benzene rings is 1. The zero-order valence-electron chi connectivity index (χ0n) is 14.3. The first kappa shape index (κ1) is 16.8. The van der Waals surface area contributed by atoms with E-state index in [1.807, 2.05) is 23.1 Å². The summed E-state index contributed by atoms with van der Waals surface area (Å²) >= 11 is 0. The molecule has 0 fully saturated rings. The van der Waals surface area contributed by atoms with Gasteiger partial charge in [-0.25, -0.2) is 0 Å². The molecule has 0 spiro atoms. The average molecular weight is 299 g/mol. The Morgan fingerprint density at radius 3 is 2.45 bits per heavy atom. The van der Waals surface area contributed by atoms with Crippen LogP contribution < -0.4 is 5.32 Å². The number of hydrogen-bond donors (Lipinski definition) is 1. The lowest BCUT2D eigenvalue weighted by molar-refractivity contribution is 0.270. The molecule has 0 unspecified atom stereocenters. The molecule has 1 heterocycles. The van der Waals surface area contributed by atoms with E-state index in [1.165, 1.54) is 5.56 Å². The normalized spacial score (nSPS) is 13.5. The molecule has 22 heavy (non-hydrogen) atoms. The third kappa shape index (κ3) is 5.30. The summed E-state index contributed by atoms with van der Waals surface area (Å²) in [7, 11) is 0. The predicted molar refractivity (Wildman–Crippen MR) is 92.8 cm³/mol. The Bertz CT molecular complexity index is 529. The number of hydrogen-bond acceptors (Lipinski definition) is 2. The van der Waals surface area contributed by atoms with E-state index in [0.717, 1.165) is 19.5 Å². The van der Waals surface area contributed by atoms with Crippen LogP contribution in [-0.4, -0.2) is 22.4 Å². The minimum Gasteiger partial charge on any atom is -0.311 e. The lowest BCUT2D eigenvalue weighted by Crippen LogP contribution is -2.43. The Morgan fingerprint density at radius 2 is 1.86 bits per heavy atom. The fourth-order valence-corrected chi connectivity index (χ4v) is 2.74. The van der Waals surface area contributed by atoms with E-state index in [4.69, 9.17) is 0 Å². The molecule has 0 aliphatic heterocycles. The van der Waals surface area contributed by atoms with E-state index >= 15 is 0 Å². The van der Waals surface area contributed by atoms with Crippen LogP contribution in [0.4, 0.5) is 0 Å². The maximum Gasteiger partial charge on any atom is 0.0565 e. The highest BCUT2D eigenvalue weighted by molar-refractivity contribution is 5.16. The molecule has 2 aromatic rings. The fourth-order valence-electron chi connectivity index (χ4n) is 2.74. The van der Waals surface area contributed by atoms with Gasteiger partial charge in [0.25, 0.3) is 0 Å². The third-order valence-electron chi connectivity index (χ3n) is 4.12. The van der Waals surface area contributed by atoms with Gasteiger partial charge in [0.1, 0.15) is 0 Å². The fraction of sp³-hybridized carbons (Fsp3) is 0.526. The standard InChI is InChI=1S/C19H29N3/c1-16(2)18(14-22-12-8-11-21-22)20-15-19(3,4)13-17-9-6-5-7-10-17/h5-12,16,18,20H,13-15H2,1-4H3/t18-/m0/s1. The second-order valence-electron chi connectivity index (χ2n) is 7.29. The number of rotatable bonds is 8. The molecule has 0 saturated carbocycles. The van der Waals surface area contributed by atoms with Crippen molar-refractivity contribution < 1.29 is 0 Å². The first-order chi connectivity index (χ1) is 10.5. The topological polar surface area (TPSA) is 29.9 Å². The summed E-state index contributed by atoms with van der Waals surface area (Å²) in [6.45, 7) is 11.1. The molecule has 3 nitrogen and oxygen atoms in total. The monoisotopic (exact) mass is 299 g/mol. The third-order valence-corrected chi connectivity index (χ3v) is 4.12. The average Bonchev–Trinajstić information content (AvgIpc) is 2.96. The van der Waals surface area contributed by atoms with E-state index in [2.05, 4.69) is 68.4 Å². The van der Waals surface area contributed by atoms with Crippen LogP contribution in [0.2, 0.25) is 0 Å². The van der Waals surface area contributed by atoms with Crippen molar-refractivity contribution in [2.45, 2.75) is 46.7 Å². The van der Waals surface area contributed by atoms with Gasteiger partial charge in [0.05, 0.1) is 6.54 Å². The van der Waals surface area contributed by atoms with Crippen molar-refractivity contribution in [1.29, 1.82) is 0 Å². The Balaban J connectivity index is 1.90. The summed E-state index contributed by atoms with van der Waals surface area (Å²) in [4.78, 5) is 0. The van der Waals surface area contributed by atoms with E-state index in [9.17, 15) is 0 Å². The minimum absolute atomic E-state index is 0.235. The van der Waals surface area contributed by atoms with Crippen LogP contribution in [0.1, 0.15) is 33.3 Å². The largest absolute Gasteiger partial charge is 0.311 e.